The van der Waals surface area contributed by atoms with Crippen LogP contribution < -0.4 is 0 Å². The fraction of sp³-hybridized carbons (Fsp3) is 0.957. The van der Waals surface area contributed by atoms with Crippen LogP contribution in [-0.2, 0) is 9.53 Å². The molecule has 0 bridgehead atoms. The van der Waals surface area contributed by atoms with Gasteiger partial charge in [-0.15, -0.1) is 0 Å². The SMILES string of the molecule is COC(=O)CCC[C@H](C)CCC[C@H](C)CCC[C@H](C)CCCC(C)C. The molecular weight excluding hydrogens is 308 g/mol. The molecule has 0 N–H and O–H groups in total. The minimum atomic E-state index is -0.0701. The van der Waals surface area contributed by atoms with E-state index >= 15 is 0 Å². The Morgan fingerprint density at radius 3 is 1.36 bits per heavy atom. The predicted octanol–water partition coefficient (Wildman–Crippen LogP) is 7.40. The van der Waals surface area contributed by atoms with Crippen molar-refractivity contribution >= 4 is 5.97 Å². The zero-order valence-corrected chi connectivity index (χ0v) is 18.1. The first kappa shape index (κ1) is 24.5. The van der Waals surface area contributed by atoms with Gasteiger partial charge in [-0.25, -0.2) is 0 Å². The van der Waals surface area contributed by atoms with Gasteiger partial charge in [-0.1, -0.05) is 98.8 Å². The van der Waals surface area contributed by atoms with Crippen molar-refractivity contribution in [2.45, 2.75) is 112 Å². The topological polar surface area (TPSA) is 26.3 Å². The summed E-state index contributed by atoms with van der Waals surface area (Å²) in [6.07, 6.45) is 15.1. The monoisotopic (exact) mass is 354 g/mol. The highest BCUT2D eigenvalue weighted by Gasteiger charge is 2.09. The maximum atomic E-state index is 11.1. The third-order valence-electron chi connectivity index (χ3n) is 5.57. The summed E-state index contributed by atoms with van der Waals surface area (Å²) >= 11 is 0. The van der Waals surface area contributed by atoms with Crippen molar-refractivity contribution in [2.75, 3.05) is 7.11 Å². The summed E-state index contributed by atoms with van der Waals surface area (Å²) in [4.78, 5) is 11.1. The molecule has 0 radical (unpaired) electrons. The molecule has 0 rings (SSSR count). The summed E-state index contributed by atoms with van der Waals surface area (Å²) in [6.45, 7) is 11.8. The lowest BCUT2D eigenvalue weighted by molar-refractivity contribution is -0.140. The molecule has 0 aromatic rings. The maximum absolute atomic E-state index is 11.1. The van der Waals surface area contributed by atoms with Gasteiger partial charge in [-0.2, -0.15) is 0 Å². The van der Waals surface area contributed by atoms with E-state index in [4.69, 9.17) is 4.74 Å². The van der Waals surface area contributed by atoms with Gasteiger partial charge in [0.15, 0.2) is 0 Å². The Hall–Kier alpha value is -0.530. The van der Waals surface area contributed by atoms with Crippen molar-refractivity contribution in [3.8, 4) is 0 Å². The van der Waals surface area contributed by atoms with Crippen LogP contribution >= 0.6 is 0 Å². The summed E-state index contributed by atoms with van der Waals surface area (Å²) < 4.78 is 4.69. The average molecular weight is 355 g/mol. The second-order valence-corrected chi connectivity index (χ2v) is 8.97. The normalized spacial score (nSPS) is 15.2. The molecule has 0 spiro atoms. The van der Waals surface area contributed by atoms with Gasteiger partial charge in [0.05, 0.1) is 7.11 Å². The van der Waals surface area contributed by atoms with Gasteiger partial charge >= 0.3 is 5.97 Å². The van der Waals surface area contributed by atoms with Gasteiger partial charge in [0.1, 0.15) is 0 Å². The van der Waals surface area contributed by atoms with Crippen molar-refractivity contribution in [3.05, 3.63) is 0 Å². The molecule has 0 aliphatic carbocycles. The lowest BCUT2D eigenvalue weighted by Gasteiger charge is -2.16. The Labute approximate surface area is 158 Å². The molecule has 2 nitrogen and oxygen atoms in total. The Morgan fingerprint density at radius 1 is 0.640 bits per heavy atom. The smallest absolute Gasteiger partial charge is 0.305 e. The Bertz CT molecular complexity index is 311. The van der Waals surface area contributed by atoms with E-state index in [1.54, 1.807) is 0 Å². The van der Waals surface area contributed by atoms with Crippen LogP contribution in [0.25, 0.3) is 0 Å². The number of carbonyl (C=O) groups excluding carboxylic acids is 1. The third kappa shape index (κ3) is 16.7. The molecule has 0 aliphatic heterocycles. The number of ether oxygens (including phenoxy) is 1. The maximum Gasteiger partial charge on any atom is 0.305 e. The minimum Gasteiger partial charge on any atom is -0.469 e. The van der Waals surface area contributed by atoms with Gasteiger partial charge in [0.25, 0.3) is 0 Å². The van der Waals surface area contributed by atoms with E-state index in [2.05, 4.69) is 34.6 Å². The molecule has 0 saturated heterocycles. The van der Waals surface area contributed by atoms with Crippen LogP contribution in [0.5, 0.6) is 0 Å². The van der Waals surface area contributed by atoms with E-state index in [1.165, 1.54) is 64.9 Å². The van der Waals surface area contributed by atoms with Crippen LogP contribution in [0, 0.1) is 23.7 Å². The molecule has 0 aromatic carbocycles. The average Bonchev–Trinajstić information content (AvgIpc) is 2.54. The van der Waals surface area contributed by atoms with Gasteiger partial charge in [-0.05, 0) is 30.1 Å². The summed E-state index contributed by atoms with van der Waals surface area (Å²) in [5, 5.41) is 0. The minimum absolute atomic E-state index is 0.0701. The molecular formula is C23H46O2. The van der Waals surface area contributed by atoms with Crippen molar-refractivity contribution in [1.82, 2.24) is 0 Å². The first-order valence-corrected chi connectivity index (χ1v) is 10.9. The molecule has 25 heavy (non-hydrogen) atoms. The standard InChI is InChI=1S/C23H46O2/c1-19(2)11-7-12-20(3)13-8-14-21(4)15-9-16-22(5)17-10-18-23(24)25-6/h19-22H,7-18H2,1-6H3/t20-,21-,22-/m1/s1. The third-order valence-corrected chi connectivity index (χ3v) is 5.57. The molecule has 0 aliphatic rings. The molecule has 0 heterocycles. The van der Waals surface area contributed by atoms with Gasteiger partial charge < -0.3 is 4.74 Å². The molecule has 2 heteroatoms. The van der Waals surface area contributed by atoms with Gasteiger partial charge in [0.2, 0.25) is 0 Å². The number of esters is 1. The van der Waals surface area contributed by atoms with E-state index in [0.29, 0.717) is 6.42 Å². The number of hydrogen-bond acceptors (Lipinski definition) is 2. The van der Waals surface area contributed by atoms with Crippen LogP contribution in [0.2, 0.25) is 0 Å². The highest BCUT2D eigenvalue weighted by atomic mass is 16.5. The van der Waals surface area contributed by atoms with Crippen LogP contribution in [0.15, 0.2) is 0 Å². The number of methoxy groups -OCH3 is 1. The molecule has 0 saturated carbocycles. The molecule has 3 atom stereocenters. The zero-order chi connectivity index (χ0) is 19.1. The number of carbonyl (C=O) groups is 1. The fourth-order valence-corrected chi connectivity index (χ4v) is 3.63. The fourth-order valence-electron chi connectivity index (χ4n) is 3.63. The van der Waals surface area contributed by atoms with E-state index in [-0.39, 0.29) is 5.97 Å². The van der Waals surface area contributed by atoms with E-state index in [9.17, 15) is 4.79 Å². The molecule has 0 fully saturated rings. The highest BCUT2D eigenvalue weighted by molar-refractivity contribution is 5.68. The highest BCUT2D eigenvalue weighted by Crippen LogP contribution is 2.23. The molecule has 0 unspecified atom stereocenters. The molecule has 0 aromatic heterocycles. The lowest BCUT2D eigenvalue weighted by Crippen LogP contribution is -2.03. The molecule has 150 valence electrons. The van der Waals surface area contributed by atoms with Gasteiger partial charge in [-0.3, -0.25) is 4.79 Å². The summed E-state index contributed by atoms with van der Waals surface area (Å²) in [6, 6.07) is 0. The lowest BCUT2D eigenvalue weighted by atomic mass is 9.90. The van der Waals surface area contributed by atoms with Gasteiger partial charge in [0, 0.05) is 6.42 Å². The number of hydrogen-bond donors (Lipinski definition) is 0. The van der Waals surface area contributed by atoms with Crippen molar-refractivity contribution in [1.29, 1.82) is 0 Å². The summed E-state index contributed by atoms with van der Waals surface area (Å²) in [5.74, 6) is 3.29. The largest absolute Gasteiger partial charge is 0.469 e. The summed E-state index contributed by atoms with van der Waals surface area (Å²) in [7, 11) is 1.47. The Kier molecular flexibility index (Phi) is 15.4. The van der Waals surface area contributed by atoms with Crippen LogP contribution in [0.3, 0.4) is 0 Å². The van der Waals surface area contributed by atoms with E-state index < -0.39 is 0 Å². The predicted molar refractivity (Wildman–Crippen MR) is 110 cm³/mol. The summed E-state index contributed by atoms with van der Waals surface area (Å²) in [5.41, 5.74) is 0. The Morgan fingerprint density at radius 2 is 1.00 bits per heavy atom. The first-order chi connectivity index (χ1) is 11.8. The molecule has 0 amide bonds. The first-order valence-electron chi connectivity index (χ1n) is 10.9. The van der Waals surface area contributed by atoms with E-state index in [0.717, 1.165) is 36.5 Å². The second-order valence-electron chi connectivity index (χ2n) is 8.97. The van der Waals surface area contributed by atoms with Crippen molar-refractivity contribution in [2.24, 2.45) is 23.7 Å². The second kappa shape index (κ2) is 15.7. The van der Waals surface area contributed by atoms with E-state index in [1.807, 2.05) is 0 Å². The van der Waals surface area contributed by atoms with Crippen molar-refractivity contribution < 1.29 is 9.53 Å². The number of rotatable bonds is 16. The van der Waals surface area contributed by atoms with Crippen molar-refractivity contribution in [3.63, 3.8) is 0 Å². The zero-order valence-electron chi connectivity index (χ0n) is 18.1. The van der Waals surface area contributed by atoms with Crippen LogP contribution in [0.4, 0.5) is 0 Å². The Balaban J connectivity index is 3.54. The quantitative estimate of drug-likeness (QED) is 0.270. The van der Waals surface area contributed by atoms with Crippen LogP contribution in [0.1, 0.15) is 112 Å². The van der Waals surface area contributed by atoms with Crippen LogP contribution in [-0.4, -0.2) is 13.1 Å².